The van der Waals surface area contributed by atoms with E-state index < -0.39 is 5.82 Å². The van der Waals surface area contributed by atoms with Crippen LogP contribution >= 0.6 is 15.9 Å². The monoisotopic (exact) mass is 350 g/mol. The maximum absolute atomic E-state index is 12.8. The van der Waals surface area contributed by atoms with Crippen LogP contribution in [0.5, 0.6) is 0 Å². The second-order valence-electron chi connectivity index (χ2n) is 4.90. The van der Waals surface area contributed by atoms with E-state index in [1.807, 2.05) is 25.2 Å². The Balaban J connectivity index is 1.84. The van der Waals surface area contributed by atoms with Crippen LogP contribution in [0.2, 0.25) is 0 Å². The molecular formula is C16H16BrFN2O. The summed E-state index contributed by atoms with van der Waals surface area (Å²) in [7, 11) is 1.96. The maximum Gasteiger partial charge on any atom is 0.182 e. The van der Waals surface area contributed by atoms with E-state index in [9.17, 15) is 9.18 Å². The molecule has 21 heavy (non-hydrogen) atoms. The second-order valence-corrected chi connectivity index (χ2v) is 5.82. The topological polar surface area (TPSA) is 33.2 Å². The van der Waals surface area contributed by atoms with Crippen LogP contribution in [0.1, 0.15) is 22.5 Å². The molecule has 1 aromatic carbocycles. The molecule has 110 valence electrons. The number of carbonyl (C=O) groups is 1. The van der Waals surface area contributed by atoms with Gasteiger partial charge in [0.1, 0.15) is 11.5 Å². The van der Waals surface area contributed by atoms with Gasteiger partial charge in [-0.25, -0.2) is 4.39 Å². The summed E-state index contributed by atoms with van der Waals surface area (Å²) in [5, 5.41) is 0. The molecule has 2 aromatic rings. The van der Waals surface area contributed by atoms with E-state index in [1.54, 1.807) is 0 Å². The van der Waals surface area contributed by atoms with Gasteiger partial charge >= 0.3 is 0 Å². The molecule has 0 unspecified atom stereocenters. The minimum absolute atomic E-state index is 0.0731. The quantitative estimate of drug-likeness (QED) is 0.745. The highest BCUT2D eigenvalue weighted by atomic mass is 79.9. The lowest BCUT2D eigenvalue weighted by molar-refractivity contribution is 0.0963. The third-order valence-corrected chi connectivity index (χ3v) is 3.57. The molecule has 5 heteroatoms. The van der Waals surface area contributed by atoms with Crippen molar-refractivity contribution < 1.29 is 9.18 Å². The first-order valence-corrected chi connectivity index (χ1v) is 7.41. The van der Waals surface area contributed by atoms with Crippen LogP contribution in [-0.2, 0) is 6.54 Å². The van der Waals surface area contributed by atoms with Crippen LogP contribution in [-0.4, -0.2) is 29.3 Å². The average Bonchev–Trinajstić information content (AvgIpc) is 2.45. The summed E-state index contributed by atoms with van der Waals surface area (Å²) in [6, 6.07) is 10.7. The second kappa shape index (κ2) is 7.43. The number of halogens is 2. The predicted molar refractivity (Wildman–Crippen MR) is 83.6 cm³/mol. The zero-order valence-electron chi connectivity index (χ0n) is 11.7. The first-order chi connectivity index (χ1) is 10.0. The van der Waals surface area contributed by atoms with Crippen LogP contribution in [0.4, 0.5) is 4.39 Å². The number of hydrogen-bond donors (Lipinski definition) is 0. The lowest BCUT2D eigenvalue weighted by Crippen LogP contribution is -2.21. The van der Waals surface area contributed by atoms with Crippen molar-refractivity contribution in [2.45, 2.75) is 13.0 Å². The summed E-state index contributed by atoms with van der Waals surface area (Å²) in [4.78, 5) is 17.8. The van der Waals surface area contributed by atoms with Crippen molar-refractivity contribution in [3.8, 4) is 0 Å². The zero-order chi connectivity index (χ0) is 15.2. The molecule has 0 radical (unpaired) electrons. The summed E-state index contributed by atoms with van der Waals surface area (Å²) in [6.45, 7) is 1.40. The molecule has 0 N–H and O–H groups in total. The standard InChI is InChI=1S/C16H16BrFN2O/c1-20(11-12-3-2-4-13(17)9-12)8-7-16(21)15-6-5-14(18)10-19-15/h2-6,9-10H,7-8,11H2,1H3. The summed E-state index contributed by atoms with van der Waals surface area (Å²) in [5.41, 5.74) is 1.49. The SMILES string of the molecule is CN(CCC(=O)c1ccc(F)cn1)Cc1cccc(Br)c1. The van der Waals surface area contributed by atoms with Gasteiger partial charge < -0.3 is 4.90 Å². The zero-order valence-corrected chi connectivity index (χ0v) is 13.3. The highest BCUT2D eigenvalue weighted by Crippen LogP contribution is 2.13. The van der Waals surface area contributed by atoms with Gasteiger partial charge in [-0.3, -0.25) is 9.78 Å². The van der Waals surface area contributed by atoms with Gasteiger partial charge in [-0.15, -0.1) is 0 Å². The van der Waals surface area contributed by atoms with Crippen molar-refractivity contribution in [3.05, 3.63) is 64.1 Å². The number of Topliss-reactive ketones (excluding diaryl/α,β-unsaturated/α-hetero) is 1. The fourth-order valence-corrected chi connectivity index (χ4v) is 2.43. The molecule has 0 aliphatic carbocycles. The largest absolute Gasteiger partial charge is 0.302 e. The molecule has 0 saturated heterocycles. The van der Waals surface area contributed by atoms with Gasteiger partial charge in [0.05, 0.1) is 6.20 Å². The number of benzene rings is 1. The summed E-state index contributed by atoms with van der Waals surface area (Å²) in [6.07, 6.45) is 1.43. The van der Waals surface area contributed by atoms with Crippen LogP contribution in [0.25, 0.3) is 0 Å². The van der Waals surface area contributed by atoms with E-state index >= 15 is 0 Å². The Morgan fingerprint density at radius 2 is 2.14 bits per heavy atom. The number of pyridine rings is 1. The Morgan fingerprint density at radius 1 is 1.33 bits per heavy atom. The molecule has 0 bridgehead atoms. The number of nitrogens with zero attached hydrogens (tertiary/aromatic N) is 2. The molecular weight excluding hydrogens is 335 g/mol. The minimum atomic E-state index is -0.432. The Morgan fingerprint density at radius 3 is 2.81 bits per heavy atom. The highest BCUT2D eigenvalue weighted by Gasteiger charge is 2.09. The van der Waals surface area contributed by atoms with Crippen LogP contribution in [0, 0.1) is 5.82 Å². The number of ketones is 1. The molecule has 0 aliphatic rings. The molecule has 0 aliphatic heterocycles. The molecule has 0 saturated carbocycles. The highest BCUT2D eigenvalue weighted by molar-refractivity contribution is 9.10. The van der Waals surface area contributed by atoms with Crippen LogP contribution < -0.4 is 0 Å². The van der Waals surface area contributed by atoms with Gasteiger partial charge in [0.15, 0.2) is 5.78 Å². The fraction of sp³-hybridized carbons (Fsp3) is 0.250. The maximum atomic E-state index is 12.8. The van der Waals surface area contributed by atoms with Gasteiger partial charge in [0.25, 0.3) is 0 Å². The van der Waals surface area contributed by atoms with Crippen molar-refractivity contribution in [2.24, 2.45) is 0 Å². The van der Waals surface area contributed by atoms with E-state index in [0.29, 0.717) is 18.7 Å². The van der Waals surface area contributed by atoms with Crippen molar-refractivity contribution in [1.29, 1.82) is 0 Å². The number of carbonyl (C=O) groups excluding carboxylic acids is 1. The molecule has 0 amide bonds. The number of aromatic nitrogens is 1. The molecule has 3 nitrogen and oxygen atoms in total. The molecule has 1 aromatic heterocycles. The van der Waals surface area contributed by atoms with Crippen molar-refractivity contribution in [3.63, 3.8) is 0 Å². The predicted octanol–water partition coefficient (Wildman–Crippen LogP) is 3.69. The minimum Gasteiger partial charge on any atom is -0.302 e. The Labute approximate surface area is 131 Å². The smallest absolute Gasteiger partial charge is 0.182 e. The van der Waals surface area contributed by atoms with Crippen molar-refractivity contribution >= 4 is 21.7 Å². The first-order valence-electron chi connectivity index (χ1n) is 6.62. The van der Waals surface area contributed by atoms with Gasteiger partial charge in [0, 0.05) is 24.0 Å². The van der Waals surface area contributed by atoms with Crippen LogP contribution in [0.3, 0.4) is 0 Å². The Bertz CT molecular complexity index is 616. The lowest BCUT2D eigenvalue weighted by atomic mass is 10.1. The van der Waals surface area contributed by atoms with Crippen molar-refractivity contribution in [1.82, 2.24) is 9.88 Å². The summed E-state index contributed by atoms with van der Waals surface area (Å²) < 4.78 is 13.8. The Hall–Kier alpha value is -1.59. The molecule has 1 heterocycles. The summed E-state index contributed by atoms with van der Waals surface area (Å²) >= 11 is 3.44. The molecule has 0 fully saturated rings. The van der Waals surface area contributed by atoms with E-state index in [2.05, 4.69) is 31.9 Å². The first kappa shape index (κ1) is 15.8. The lowest BCUT2D eigenvalue weighted by Gasteiger charge is -2.16. The molecule has 0 spiro atoms. The van der Waals surface area contributed by atoms with Crippen LogP contribution in [0.15, 0.2) is 47.1 Å². The Kier molecular flexibility index (Phi) is 5.59. The van der Waals surface area contributed by atoms with Gasteiger partial charge in [-0.2, -0.15) is 0 Å². The van der Waals surface area contributed by atoms with Gasteiger partial charge in [-0.05, 0) is 36.9 Å². The van der Waals surface area contributed by atoms with E-state index in [4.69, 9.17) is 0 Å². The normalized spacial score (nSPS) is 10.9. The fourth-order valence-electron chi connectivity index (χ4n) is 1.99. The van der Waals surface area contributed by atoms with Crippen molar-refractivity contribution in [2.75, 3.05) is 13.6 Å². The van der Waals surface area contributed by atoms with E-state index in [0.717, 1.165) is 17.2 Å². The van der Waals surface area contributed by atoms with Gasteiger partial charge in [-0.1, -0.05) is 28.1 Å². The summed E-state index contributed by atoms with van der Waals surface area (Å²) in [5.74, 6) is -0.505. The van der Waals surface area contributed by atoms with Gasteiger partial charge in [0.2, 0.25) is 0 Å². The van der Waals surface area contributed by atoms with E-state index in [1.165, 1.54) is 17.7 Å². The number of hydrogen-bond acceptors (Lipinski definition) is 3. The molecule has 2 rings (SSSR count). The van der Waals surface area contributed by atoms with E-state index in [-0.39, 0.29) is 5.78 Å². The third-order valence-electron chi connectivity index (χ3n) is 3.08. The average molecular weight is 351 g/mol. The third kappa shape index (κ3) is 5.02. The molecule has 0 atom stereocenters. The number of rotatable bonds is 6.